The number of pyridine rings is 1. The summed E-state index contributed by atoms with van der Waals surface area (Å²) in [6, 6.07) is 8.22. The lowest BCUT2D eigenvalue weighted by atomic mass is 10.0. The number of hydrogen-bond donors (Lipinski definition) is 1. The van der Waals surface area contributed by atoms with Crippen molar-refractivity contribution in [3.05, 3.63) is 70.4 Å². The van der Waals surface area contributed by atoms with Crippen LogP contribution in [0.5, 0.6) is 0 Å². The van der Waals surface area contributed by atoms with Gasteiger partial charge in [-0.1, -0.05) is 31.8 Å². The van der Waals surface area contributed by atoms with Gasteiger partial charge < -0.3 is 9.84 Å². The maximum absolute atomic E-state index is 13.2. The van der Waals surface area contributed by atoms with Crippen molar-refractivity contribution >= 4 is 16.8 Å². The van der Waals surface area contributed by atoms with Gasteiger partial charge in [-0.05, 0) is 49.1 Å². The van der Waals surface area contributed by atoms with Crippen molar-refractivity contribution in [2.24, 2.45) is 5.92 Å². The highest BCUT2D eigenvalue weighted by molar-refractivity contribution is 5.97. The van der Waals surface area contributed by atoms with E-state index in [0.29, 0.717) is 34.7 Å². The van der Waals surface area contributed by atoms with Crippen LogP contribution in [0.25, 0.3) is 22.3 Å². The molecule has 0 fully saturated rings. The van der Waals surface area contributed by atoms with E-state index in [-0.39, 0.29) is 17.4 Å². The van der Waals surface area contributed by atoms with Crippen LogP contribution in [0, 0.1) is 5.92 Å². The van der Waals surface area contributed by atoms with Gasteiger partial charge in [0.2, 0.25) is 11.7 Å². The van der Waals surface area contributed by atoms with E-state index in [2.05, 4.69) is 20.4 Å². The number of aromatic nitrogens is 5. The molecule has 0 bridgehead atoms. The van der Waals surface area contributed by atoms with E-state index in [1.807, 2.05) is 19.9 Å². The predicted octanol–water partition coefficient (Wildman–Crippen LogP) is 4.09. The van der Waals surface area contributed by atoms with Gasteiger partial charge in [0, 0.05) is 36.5 Å². The topological polar surface area (TPSA) is 116 Å². The number of nitrogens with zero attached hydrogens (tertiary/aromatic N) is 5. The molecule has 0 saturated heterocycles. The maximum Gasteiger partial charge on any atom is 0.261 e. The third kappa shape index (κ3) is 4.71. The van der Waals surface area contributed by atoms with Crippen LogP contribution in [-0.2, 0) is 13.0 Å². The Morgan fingerprint density at radius 3 is 2.77 bits per heavy atom. The Labute approximate surface area is 202 Å². The first kappa shape index (κ1) is 22.9. The molecule has 1 N–H and O–H groups in total. The number of hydrogen-bond acceptors (Lipinski definition) is 7. The second-order valence-electron chi connectivity index (χ2n) is 9.27. The number of carbonyl (C=O) groups excluding carboxylic acids is 1. The monoisotopic (exact) mass is 472 g/mol. The standard InChI is InChI=1S/C26H28N6O3/c1-16(2)22(25-30-23(31-35-25)18-8-7-12-27-15-18)29-24(33)17-10-11-19-20(14-17)28-21-9-5-3-4-6-13-32(21)26(19)34/h7-8,10-12,14-16,22H,3-6,9,13H2,1-2H3,(H,29,33). The Morgan fingerprint density at radius 1 is 1.11 bits per heavy atom. The van der Waals surface area contributed by atoms with E-state index in [1.54, 1.807) is 41.2 Å². The highest BCUT2D eigenvalue weighted by Gasteiger charge is 2.26. The molecule has 1 amide bonds. The van der Waals surface area contributed by atoms with Crippen molar-refractivity contribution in [2.45, 2.75) is 58.5 Å². The van der Waals surface area contributed by atoms with Crippen LogP contribution in [0.1, 0.15) is 67.6 Å². The van der Waals surface area contributed by atoms with Crippen molar-refractivity contribution in [1.82, 2.24) is 30.0 Å². The molecule has 1 atom stereocenters. The number of benzene rings is 1. The Bertz CT molecular complexity index is 1410. The molecule has 0 spiro atoms. The molecule has 9 nitrogen and oxygen atoms in total. The van der Waals surface area contributed by atoms with Crippen LogP contribution >= 0.6 is 0 Å². The quantitative estimate of drug-likeness (QED) is 0.465. The van der Waals surface area contributed by atoms with Gasteiger partial charge in [0.1, 0.15) is 11.9 Å². The second kappa shape index (κ2) is 9.77. The van der Waals surface area contributed by atoms with Gasteiger partial charge in [0.15, 0.2) is 0 Å². The number of fused-ring (bicyclic) bond motifs is 2. The predicted molar refractivity (Wildman–Crippen MR) is 131 cm³/mol. The van der Waals surface area contributed by atoms with Gasteiger partial charge in [0.25, 0.3) is 11.5 Å². The Morgan fingerprint density at radius 2 is 1.97 bits per heavy atom. The lowest BCUT2D eigenvalue weighted by Gasteiger charge is -2.19. The van der Waals surface area contributed by atoms with Gasteiger partial charge in [0.05, 0.1) is 10.9 Å². The lowest BCUT2D eigenvalue weighted by molar-refractivity contribution is 0.0914. The normalized spacial score (nSPS) is 14.8. The van der Waals surface area contributed by atoms with Gasteiger partial charge in [-0.25, -0.2) is 4.98 Å². The maximum atomic E-state index is 13.2. The summed E-state index contributed by atoms with van der Waals surface area (Å²) in [7, 11) is 0. The molecule has 4 aromatic rings. The highest BCUT2D eigenvalue weighted by atomic mass is 16.5. The summed E-state index contributed by atoms with van der Waals surface area (Å²) in [6.07, 6.45) is 8.37. The summed E-state index contributed by atoms with van der Waals surface area (Å²) >= 11 is 0. The zero-order valence-electron chi connectivity index (χ0n) is 19.9. The molecule has 0 aliphatic carbocycles. The van der Waals surface area contributed by atoms with E-state index < -0.39 is 6.04 Å². The third-order valence-corrected chi connectivity index (χ3v) is 6.41. The average Bonchev–Trinajstić information content (AvgIpc) is 3.33. The molecular weight excluding hydrogens is 444 g/mol. The van der Waals surface area contributed by atoms with Crippen LogP contribution in [0.4, 0.5) is 0 Å². The SMILES string of the molecule is CC(C)C(NC(=O)c1ccc2c(=O)n3c(nc2c1)CCCCCC3)c1nc(-c2cccnc2)no1. The first-order chi connectivity index (χ1) is 17.0. The minimum atomic E-state index is -0.481. The number of aryl methyl sites for hydroxylation is 1. The number of nitrogens with one attached hydrogen (secondary N) is 1. The summed E-state index contributed by atoms with van der Waals surface area (Å²) in [6.45, 7) is 4.64. The summed E-state index contributed by atoms with van der Waals surface area (Å²) in [5.74, 6) is 1.25. The van der Waals surface area contributed by atoms with Gasteiger partial charge in [-0.3, -0.25) is 19.1 Å². The smallest absolute Gasteiger partial charge is 0.261 e. The molecule has 1 unspecified atom stereocenters. The van der Waals surface area contributed by atoms with E-state index in [0.717, 1.165) is 43.5 Å². The van der Waals surface area contributed by atoms with Crippen molar-refractivity contribution in [3.63, 3.8) is 0 Å². The van der Waals surface area contributed by atoms with E-state index in [4.69, 9.17) is 9.51 Å². The molecule has 4 heterocycles. The molecule has 5 rings (SSSR count). The molecule has 1 aromatic carbocycles. The lowest BCUT2D eigenvalue weighted by Crippen LogP contribution is -2.32. The fourth-order valence-corrected chi connectivity index (χ4v) is 4.45. The van der Waals surface area contributed by atoms with E-state index in [1.165, 1.54) is 0 Å². The minimum absolute atomic E-state index is 0.00378. The second-order valence-corrected chi connectivity index (χ2v) is 9.27. The van der Waals surface area contributed by atoms with Gasteiger partial charge >= 0.3 is 0 Å². The van der Waals surface area contributed by atoms with Crippen LogP contribution in [0.3, 0.4) is 0 Å². The first-order valence-corrected chi connectivity index (χ1v) is 12.1. The van der Waals surface area contributed by atoms with E-state index >= 15 is 0 Å². The summed E-state index contributed by atoms with van der Waals surface area (Å²) in [4.78, 5) is 39.6. The molecule has 1 aliphatic heterocycles. The van der Waals surface area contributed by atoms with Crippen molar-refractivity contribution in [3.8, 4) is 11.4 Å². The van der Waals surface area contributed by atoms with Crippen LogP contribution in [0.15, 0.2) is 52.0 Å². The molecule has 35 heavy (non-hydrogen) atoms. The highest BCUT2D eigenvalue weighted by Crippen LogP contribution is 2.24. The molecule has 180 valence electrons. The zero-order chi connectivity index (χ0) is 24.4. The number of rotatable bonds is 5. The first-order valence-electron chi connectivity index (χ1n) is 12.1. The van der Waals surface area contributed by atoms with Crippen LogP contribution in [-0.4, -0.2) is 30.6 Å². The van der Waals surface area contributed by atoms with Crippen LogP contribution < -0.4 is 10.9 Å². The molecule has 1 aliphatic rings. The molecule has 0 radical (unpaired) electrons. The van der Waals surface area contributed by atoms with Crippen molar-refractivity contribution in [2.75, 3.05) is 0 Å². The molecule has 9 heteroatoms. The third-order valence-electron chi connectivity index (χ3n) is 6.41. The molecule has 3 aromatic heterocycles. The summed E-state index contributed by atoms with van der Waals surface area (Å²) in [5, 5.41) is 7.59. The Hall–Kier alpha value is -3.88. The molecular formula is C26H28N6O3. The van der Waals surface area contributed by atoms with E-state index in [9.17, 15) is 9.59 Å². The molecule has 0 saturated carbocycles. The fourth-order valence-electron chi connectivity index (χ4n) is 4.45. The van der Waals surface area contributed by atoms with Crippen molar-refractivity contribution < 1.29 is 9.32 Å². The van der Waals surface area contributed by atoms with Gasteiger partial charge in [-0.2, -0.15) is 4.98 Å². The number of carbonyl (C=O) groups is 1. The summed E-state index contributed by atoms with van der Waals surface area (Å²) < 4.78 is 7.29. The summed E-state index contributed by atoms with van der Waals surface area (Å²) in [5.41, 5.74) is 1.68. The largest absolute Gasteiger partial charge is 0.340 e. The fraction of sp³-hybridized carbons (Fsp3) is 0.385. The van der Waals surface area contributed by atoms with Crippen LogP contribution in [0.2, 0.25) is 0 Å². The zero-order valence-corrected chi connectivity index (χ0v) is 19.9. The van der Waals surface area contributed by atoms with Crippen molar-refractivity contribution in [1.29, 1.82) is 0 Å². The Kier molecular flexibility index (Phi) is 6.39. The minimum Gasteiger partial charge on any atom is -0.340 e. The van der Waals surface area contributed by atoms with Gasteiger partial charge in [-0.15, -0.1) is 0 Å². The average molecular weight is 473 g/mol. The Balaban J connectivity index is 1.42. The number of amides is 1.